The van der Waals surface area contributed by atoms with Crippen molar-refractivity contribution in [2.24, 2.45) is 0 Å². The summed E-state index contributed by atoms with van der Waals surface area (Å²) in [7, 11) is 2.87. The monoisotopic (exact) mass is 490 g/mol. The maximum atomic E-state index is 12.7. The second-order valence-electron chi connectivity index (χ2n) is 6.73. The molecule has 0 saturated heterocycles. The van der Waals surface area contributed by atoms with E-state index < -0.39 is 21.8 Å². The van der Waals surface area contributed by atoms with Crippen LogP contribution in [0.3, 0.4) is 0 Å². The second kappa shape index (κ2) is 9.64. The number of fused-ring (bicyclic) bond motifs is 1. The number of rotatable bonds is 6. The molecule has 1 atom stereocenters. The summed E-state index contributed by atoms with van der Waals surface area (Å²) in [4.78, 5) is 26.3. The highest BCUT2D eigenvalue weighted by Crippen LogP contribution is 2.40. The van der Waals surface area contributed by atoms with Gasteiger partial charge in [-0.05, 0) is 55.5 Å². The quantitative estimate of drug-likeness (QED) is 0.339. The number of thiophene rings is 1. The van der Waals surface area contributed by atoms with Crippen LogP contribution < -0.4 is 15.4 Å². The molecule has 3 rings (SSSR count). The minimum atomic E-state index is -1.87. The average molecular weight is 492 g/mol. The van der Waals surface area contributed by atoms with Crippen LogP contribution in [0.4, 0.5) is 5.00 Å². The molecule has 0 saturated carbocycles. The molecule has 30 heavy (non-hydrogen) atoms. The zero-order valence-electron chi connectivity index (χ0n) is 16.4. The van der Waals surface area contributed by atoms with Crippen LogP contribution in [0.2, 0.25) is 0 Å². The second-order valence-corrected chi connectivity index (χ2v) is 10.2. The smallest absolute Gasteiger partial charge is 0.341 e. The first-order valence-electron chi connectivity index (χ1n) is 9.25. The standard InChI is InChI=1S/C20H21Cl3N2O4S/c1-28-12-9-7-11(8-10-12)16(26)24-19(20(21,22)23)25-17-15(18(27)29-2)13-5-3-4-6-14(13)30-17/h7-10,19,25H,3-6H2,1-2H3,(H,24,26)/t19-/m0/s1. The van der Waals surface area contributed by atoms with E-state index in [0.29, 0.717) is 21.9 Å². The number of anilines is 1. The van der Waals surface area contributed by atoms with Crippen LogP contribution in [0.25, 0.3) is 0 Å². The lowest BCUT2D eigenvalue weighted by atomic mass is 9.95. The molecule has 0 spiro atoms. The van der Waals surface area contributed by atoms with Crippen molar-refractivity contribution in [2.75, 3.05) is 19.5 Å². The number of benzene rings is 1. The van der Waals surface area contributed by atoms with Gasteiger partial charge in [0.05, 0.1) is 19.8 Å². The number of ether oxygens (including phenoxy) is 2. The molecular weight excluding hydrogens is 471 g/mol. The Balaban J connectivity index is 1.87. The largest absolute Gasteiger partial charge is 0.497 e. The Labute approximate surface area is 193 Å². The SMILES string of the molecule is COC(=O)c1c(N[C@H](NC(=O)c2ccc(OC)cc2)C(Cl)(Cl)Cl)sc2c1CCCC2. The molecule has 1 amide bonds. The van der Waals surface area contributed by atoms with Crippen LogP contribution in [0.5, 0.6) is 5.75 Å². The number of aryl methyl sites for hydroxylation is 1. The number of carbonyl (C=O) groups is 2. The first-order chi connectivity index (χ1) is 14.2. The Morgan fingerprint density at radius 3 is 2.37 bits per heavy atom. The van der Waals surface area contributed by atoms with Crippen LogP contribution in [0.1, 0.15) is 44.0 Å². The van der Waals surface area contributed by atoms with E-state index in [-0.39, 0.29) is 0 Å². The van der Waals surface area contributed by atoms with Gasteiger partial charge in [-0.2, -0.15) is 0 Å². The van der Waals surface area contributed by atoms with E-state index in [0.717, 1.165) is 36.1 Å². The number of esters is 1. The lowest BCUT2D eigenvalue weighted by Crippen LogP contribution is -2.49. The molecule has 0 aliphatic heterocycles. The van der Waals surface area contributed by atoms with E-state index in [4.69, 9.17) is 44.3 Å². The molecule has 2 aromatic rings. The van der Waals surface area contributed by atoms with E-state index in [9.17, 15) is 9.59 Å². The molecule has 1 aliphatic rings. The molecule has 1 aliphatic carbocycles. The van der Waals surface area contributed by atoms with E-state index in [1.165, 1.54) is 25.6 Å². The first-order valence-corrected chi connectivity index (χ1v) is 11.2. The van der Waals surface area contributed by atoms with E-state index >= 15 is 0 Å². The molecule has 0 bridgehead atoms. The summed E-state index contributed by atoms with van der Waals surface area (Å²) in [5, 5.41) is 6.25. The summed E-state index contributed by atoms with van der Waals surface area (Å²) in [5.74, 6) is -0.279. The van der Waals surface area contributed by atoms with Gasteiger partial charge in [-0.3, -0.25) is 4.79 Å². The Morgan fingerprint density at radius 1 is 1.10 bits per heavy atom. The summed E-state index contributed by atoms with van der Waals surface area (Å²) in [6.45, 7) is 0. The van der Waals surface area contributed by atoms with Crippen molar-refractivity contribution in [3.8, 4) is 5.75 Å². The highest BCUT2D eigenvalue weighted by atomic mass is 35.6. The molecule has 1 aromatic heterocycles. The van der Waals surface area contributed by atoms with Gasteiger partial charge in [0.1, 0.15) is 16.9 Å². The number of hydrogen-bond donors (Lipinski definition) is 2. The molecular formula is C20H21Cl3N2O4S. The topological polar surface area (TPSA) is 76.7 Å². The third-order valence-electron chi connectivity index (χ3n) is 4.79. The fourth-order valence-electron chi connectivity index (χ4n) is 3.27. The summed E-state index contributed by atoms with van der Waals surface area (Å²) in [6, 6.07) is 6.53. The number of halogens is 3. The maximum Gasteiger partial charge on any atom is 0.341 e. The minimum absolute atomic E-state index is 0.371. The zero-order valence-corrected chi connectivity index (χ0v) is 19.5. The van der Waals surface area contributed by atoms with Crippen molar-refractivity contribution in [1.29, 1.82) is 0 Å². The molecule has 2 N–H and O–H groups in total. The molecule has 1 aromatic carbocycles. The Hall–Kier alpha value is -1.67. The fourth-order valence-corrected chi connectivity index (χ4v) is 4.91. The average Bonchev–Trinajstić information content (AvgIpc) is 3.10. The van der Waals surface area contributed by atoms with E-state index in [2.05, 4.69) is 10.6 Å². The minimum Gasteiger partial charge on any atom is -0.497 e. The number of hydrogen-bond acceptors (Lipinski definition) is 6. The number of alkyl halides is 3. The Morgan fingerprint density at radius 2 is 1.77 bits per heavy atom. The van der Waals surface area contributed by atoms with Crippen LogP contribution >= 0.6 is 46.1 Å². The van der Waals surface area contributed by atoms with Crippen molar-refractivity contribution >= 4 is 63.0 Å². The van der Waals surface area contributed by atoms with Gasteiger partial charge in [0.25, 0.3) is 5.91 Å². The third-order valence-corrected chi connectivity index (χ3v) is 6.67. The van der Waals surface area contributed by atoms with Gasteiger partial charge in [-0.1, -0.05) is 34.8 Å². The van der Waals surface area contributed by atoms with E-state index in [1.807, 2.05) is 0 Å². The predicted molar refractivity (Wildman–Crippen MR) is 120 cm³/mol. The Bertz CT molecular complexity index is 925. The van der Waals surface area contributed by atoms with Crippen LogP contribution in [-0.2, 0) is 17.6 Å². The molecule has 0 radical (unpaired) electrons. The molecule has 1 heterocycles. The fraction of sp³-hybridized carbons (Fsp3) is 0.400. The van der Waals surface area contributed by atoms with Crippen molar-refractivity contribution < 1.29 is 19.1 Å². The molecule has 162 valence electrons. The summed E-state index contributed by atoms with van der Waals surface area (Å²) in [5.41, 5.74) is 1.77. The number of nitrogens with one attached hydrogen (secondary N) is 2. The lowest BCUT2D eigenvalue weighted by Gasteiger charge is -2.27. The lowest BCUT2D eigenvalue weighted by molar-refractivity contribution is 0.0600. The number of methoxy groups -OCH3 is 2. The van der Waals surface area contributed by atoms with Gasteiger partial charge in [-0.25, -0.2) is 4.79 Å². The maximum absolute atomic E-state index is 12.7. The van der Waals surface area contributed by atoms with Gasteiger partial charge in [-0.15, -0.1) is 11.3 Å². The van der Waals surface area contributed by atoms with Crippen molar-refractivity contribution in [2.45, 2.75) is 35.6 Å². The molecule has 6 nitrogen and oxygen atoms in total. The van der Waals surface area contributed by atoms with Gasteiger partial charge < -0.3 is 20.1 Å². The summed E-state index contributed by atoms with van der Waals surface area (Å²) < 4.78 is 8.19. The van der Waals surface area contributed by atoms with E-state index in [1.54, 1.807) is 24.3 Å². The molecule has 10 heteroatoms. The van der Waals surface area contributed by atoms with Crippen LogP contribution in [0.15, 0.2) is 24.3 Å². The Kier molecular flexibility index (Phi) is 7.39. The summed E-state index contributed by atoms with van der Waals surface area (Å²) >= 11 is 19.9. The van der Waals surface area contributed by atoms with Crippen molar-refractivity contribution in [3.63, 3.8) is 0 Å². The van der Waals surface area contributed by atoms with Gasteiger partial charge in [0, 0.05) is 10.4 Å². The van der Waals surface area contributed by atoms with Crippen LogP contribution in [0, 0.1) is 0 Å². The highest BCUT2D eigenvalue weighted by Gasteiger charge is 2.37. The number of amides is 1. The normalized spacial score (nSPS) is 14.4. The first kappa shape index (κ1) is 23.0. The van der Waals surface area contributed by atoms with Gasteiger partial charge in [0.2, 0.25) is 3.79 Å². The predicted octanol–water partition coefficient (Wildman–Crippen LogP) is 4.96. The molecule has 0 fully saturated rings. The van der Waals surface area contributed by atoms with Crippen LogP contribution in [-0.4, -0.2) is 36.1 Å². The van der Waals surface area contributed by atoms with Gasteiger partial charge >= 0.3 is 5.97 Å². The number of carbonyl (C=O) groups excluding carboxylic acids is 2. The highest BCUT2D eigenvalue weighted by molar-refractivity contribution is 7.16. The van der Waals surface area contributed by atoms with Crippen molar-refractivity contribution in [1.82, 2.24) is 5.32 Å². The third kappa shape index (κ3) is 5.14. The zero-order chi connectivity index (χ0) is 21.9. The van der Waals surface area contributed by atoms with Gasteiger partial charge in [0.15, 0.2) is 0 Å². The van der Waals surface area contributed by atoms with Crippen molar-refractivity contribution in [3.05, 3.63) is 45.8 Å². The molecule has 0 unspecified atom stereocenters. The summed E-state index contributed by atoms with van der Waals surface area (Å²) in [6.07, 6.45) is 2.63.